The van der Waals surface area contributed by atoms with Crippen molar-refractivity contribution >= 4 is 41.0 Å². The standard InChI is InChI=1S/C12H9Cl2FN4O3/c1-22-10(20)4-9-16-12(19-18-9)17-11(21)5-2-8(15)7(14)3-6(5)13/h2-3H,4H2,1H3,(H2,16,17,18,19,21). The number of ether oxygens (including phenoxy) is 1. The maximum absolute atomic E-state index is 13.4. The van der Waals surface area contributed by atoms with Crippen LogP contribution in [-0.2, 0) is 16.0 Å². The minimum Gasteiger partial charge on any atom is -0.469 e. The van der Waals surface area contributed by atoms with Crippen molar-refractivity contribution in [3.05, 3.63) is 39.4 Å². The molecule has 0 aliphatic rings. The molecular formula is C12H9Cl2FN4O3. The average molecular weight is 347 g/mol. The van der Waals surface area contributed by atoms with Crippen molar-refractivity contribution < 1.29 is 18.7 Å². The molecule has 2 N–H and O–H groups in total. The van der Waals surface area contributed by atoms with Crippen LogP contribution in [0.25, 0.3) is 0 Å². The van der Waals surface area contributed by atoms with E-state index in [9.17, 15) is 14.0 Å². The number of carbonyl (C=O) groups is 2. The zero-order valence-corrected chi connectivity index (χ0v) is 12.6. The van der Waals surface area contributed by atoms with Gasteiger partial charge in [-0.3, -0.25) is 20.0 Å². The number of esters is 1. The van der Waals surface area contributed by atoms with Gasteiger partial charge < -0.3 is 4.74 Å². The van der Waals surface area contributed by atoms with E-state index in [0.29, 0.717) is 0 Å². The first-order chi connectivity index (χ1) is 10.4. The van der Waals surface area contributed by atoms with Gasteiger partial charge >= 0.3 is 5.97 Å². The molecule has 0 spiro atoms. The monoisotopic (exact) mass is 346 g/mol. The molecule has 0 unspecified atom stereocenters. The number of halogens is 3. The number of hydrogen-bond donors (Lipinski definition) is 2. The number of nitrogens with one attached hydrogen (secondary N) is 2. The second kappa shape index (κ2) is 6.71. The van der Waals surface area contributed by atoms with Gasteiger partial charge in [-0.1, -0.05) is 23.2 Å². The van der Waals surface area contributed by atoms with Crippen LogP contribution in [0.3, 0.4) is 0 Å². The van der Waals surface area contributed by atoms with Crippen LogP contribution in [-0.4, -0.2) is 34.2 Å². The molecule has 0 saturated heterocycles. The number of rotatable bonds is 4. The third-order valence-corrected chi connectivity index (χ3v) is 3.15. The molecule has 10 heteroatoms. The smallest absolute Gasteiger partial charge is 0.313 e. The van der Waals surface area contributed by atoms with Gasteiger partial charge in [-0.15, -0.1) is 5.10 Å². The van der Waals surface area contributed by atoms with Crippen molar-refractivity contribution in [1.82, 2.24) is 15.2 Å². The summed E-state index contributed by atoms with van der Waals surface area (Å²) >= 11 is 11.4. The molecule has 1 aromatic heterocycles. The molecule has 0 atom stereocenters. The maximum atomic E-state index is 13.4. The molecule has 116 valence electrons. The first-order valence-electron chi connectivity index (χ1n) is 5.84. The number of aromatic nitrogens is 3. The molecule has 0 saturated carbocycles. The fraction of sp³-hybridized carbons (Fsp3) is 0.167. The number of aromatic amines is 1. The summed E-state index contributed by atoms with van der Waals surface area (Å²) in [6, 6.07) is 2.02. The van der Waals surface area contributed by atoms with Crippen molar-refractivity contribution in [2.24, 2.45) is 0 Å². The lowest BCUT2D eigenvalue weighted by Crippen LogP contribution is -2.14. The third-order valence-electron chi connectivity index (χ3n) is 2.55. The van der Waals surface area contributed by atoms with Crippen LogP contribution >= 0.6 is 23.2 Å². The number of H-pyrrole nitrogens is 1. The number of methoxy groups -OCH3 is 1. The van der Waals surface area contributed by atoms with E-state index < -0.39 is 17.7 Å². The van der Waals surface area contributed by atoms with Gasteiger partial charge in [0.1, 0.15) is 18.1 Å². The summed E-state index contributed by atoms with van der Waals surface area (Å²) in [5.41, 5.74) is -0.122. The summed E-state index contributed by atoms with van der Waals surface area (Å²) in [7, 11) is 1.23. The Bertz CT molecular complexity index is 735. The normalized spacial score (nSPS) is 10.4. The Morgan fingerprint density at radius 2 is 2.09 bits per heavy atom. The third kappa shape index (κ3) is 3.71. The zero-order chi connectivity index (χ0) is 16.3. The highest BCUT2D eigenvalue weighted by atomic mass is 35.5. The van der Waals surface area contributed by atoms with Crippen LogP contribution in [0.2, 0.25) is 10.0 Å². The molecular weight excluding hydrogens is 338 g/mol. The average Bonchev–Trinajstić information content (AvgIpc) is 2.89. The van der Waals surface area contributed by atoms with E-state index in [2.05, 4.69) is 25.2 Å². The highest BCUT2D eigenvalue weighted by molar-refractivity contribution is 6.37. The molecule has 22 heavy (non-hydrogen) atoms. The van der Waals surface area contributed by atoms with Gasteiger partial charge in [0.15, 0.2) is 0 Å². The molecule has 1 heterocycles. The van der Waals surface area contributed by atoms with Gasteiger partial charge in [0.2, 0.25) is 5.95 Å². The summed E-state index contributed by atoms with van der Waals surface area (Å²) in [5.74, 6) is -1.90. The minimum absolute atomic E-state index is 0.0192. The predicted octanol–water partition coefficient (Wildman–Crippen LogP) is 2.22. The number of hydrogen-bond acceptors (Lipinski definition) is 5. The Hall–Kier alpha value is -2.19. The highest BCUT2D eigenvalue weighted by Crippen LogP contribution is 2.24. The van der Waals surface area contributed by atoms with Gasteiger partial charge in [0.05, 0.1) is 22.7 Å². The summed E-state index contributed by atoms with van der Waals surface area (Å²) in [4.78, 5) is 26.9. The number of benzene rings is 1. The van der Waals surface area contributed by atoms with E-state index >= 15 is 0 Å². The number of anilines is 1. The van der Waals surface area contributed by atoms with Crippen molar-refractivity contribution in [1.29, 1.82) is 0 Å². The number of carbonyl (C=O) groups excluding carboxylic acids is 2. The van der Waals surface area contributed by atoms with Gasteiger partial charge in [0, 0.05) is 0 Å². The molecule has 0 bridgehead atoms. The summed E-state index contributed by atoms with van der Waals surface area (Å²) < 4.78 is 17.9. The lowest BCUT2D eigenvalue weighted by molar-refractivity contribution is -0.139. The Morgan fingerprint density at radius 3 is 2.77 bits per heavy atom. The van der Waals surface area contributed by atoms with Crippen LogP contribution in [0.15, 0.2) is 12.1 Å². The lowest BCUT2D eigenvalue weighted by atomic mass is 10.2. The van der Waals surface area contributed by atoms with Crippen LogP contribution < -0.4 is 5.32 Å². The lowest BCUT2D eigenvalue weighted by Gasteiger charge is -2.04. The van der Waals surface area contributed by atoms with E-state index in [4.69, 9.17) is 23.2 Å². The zero-order valence-electron chi connectivity index (χ0n) is 11.1. The molecule has 0 fully saturated rings. The molecule has 0 radical (unpaired) electrons. The van der Waals surface area contributed by atoms with Gasteiger partial charge in [-0.05, 0) is 12.1 Å². The molecule has 1 aromatic carbocycles. The van der Waals surface area contributed by atoms with E-state index in [1.54, 1.807) is 0 Å². The fourth-order valence-electron chi connectivity index (χ4n) is 1.50. The van der Waals surface area contributed by atoms with Crippen LogP contribution in [0.4, 0.5) is 10.3 Å². The van der Waals surface area contributed by atoms with E-state index in [1.165, 1.54) is 7.11 Å². The van der Waals surface area contributed by atoms with Gasteiger partial charge in [-0.2, -0.15) is 4.98 Å². The van der Waals surface area contributed by atoms with Gasteiger partial charge in [0.25, 0.3) is 5.91 Å². The predicted molar refractivity (Wildman–Crippen MR) is 76.5 cm³/mol. The number of nitrogens with zero attached hydrogens (tertiary/aromatic N) is 2. The topological polar surface area (TPSA) is 97.0 Å². The first kappa shape index (κ1) is 16.2. The SMILES string of the molecule is COC(=O)Cc1nc(NC(=O)c2cc(F)c(Cl)cc2Cl)n[nH]1. The quantitative estimate of drug-likeness (QED) is 0.653. The Kier molecular flexibility index (Phi) is 4.94. The molecule has 2 aromatic rings. The van der Waals surface area contributed by atoms with E-state index in [-0.39, 0.29) is 33.8 Å². The highest BCUT2D eigenvalue weighted by Gasteiger charge is 2.16. The Labute approximate surface area is 133 Å². The summed E-state index contributed by atoms with van der Waals surface area (Å²) in [6.45, 7) is 0. The Balaban J connectivity index is 2.12. The largest absolute Gasteiger partial charge is 0.469 e. The minimum atomic E-state index is -0.780. The second-order valence-electron chi connectivity index (χ2n) is 4.06. The van der Waals surface area contributed by atoms with Crippen molar-refractivity contribution in [2.45, 2.75) is 6.42 Å². The molecule has 7 nitrogen and oxygen atoms in total. The van der Waals surface area contributed by atoms with Crippen molar-refractivity contribution in [3.8, 4) is 0 Å². The molecule has 0 aliphatic heterocycles. The van der Waals surface area contributed by atoms with Crippen molar-refractivity contribution in [3.63, 3.8) is 0 Å². The summed E-state index contributed by atoms with van der Waals surface area (Å²) in [5, 5.41) is 8.26. The van der Waals surface area contributed by atoms with E-state index in [1.807, 2.05) is 0 Å². The first-order valence-corrected chi connectivity index (χ1v) is 6.60. The molecule has 2 rings (SSSR count). The van der Waals surface area contributed by atoms with E-state index in [0.717, 1.165) is 12.1 Å². The maximum Gasteiger partial charge on any atom is 0.313 e. The second-order valence-corrected chi connectivity index (χ2v) is 4.87. The fourth-order valence-corrected chi connectivity index (χ4v) is 1.97. The Morgan fingerprint density at radius 1 is 1.36 bits per heavy atom. The summed E-state index contributed by atoms with van der Waals surface area (Å²) in [6.07, 6.45) is -0.129. The van der Waals surface area contributed by atoms with Crippen LogP contribution in [0.5, 0.6) is 0 Å². The number of amides is 1. The van der Waals surface area contributed by atoms with Crippen LogP contribution in [0.1, 0.15) is 16.2 Å². The van der Waals surface area contributed by atoms with Gasteiger partial charge in [-0.25, -0.2) is 4.39 Å². The van der Waals surface area contributed by atoms with Crippen molar-refractivity contribution in [2.75, 3.05) is 12.4 Å². The molecule has 1 amide bonds. The molecule has 0 aliphatic carbocycles. The van der Waals surface area contributed by atoms with Crippen LogP contribution in [0, 0.1) is 5.82 Å².